The number of imidazole rings is 1. The first-order chi connectivity index (χ1) is 9.05. The Kier molecular flexibility index (Phi) is 3.59. The Hall–Kier alpha value is -2.24. The van der Waals surface area contributed by atoms with Gasteiger partial charge in [-0.15, -0.1) is 0 Å². The highest BCUT2D eigenvalue weighted by molar-refractivity contribution is 7.89. The van der Waals surface area contributed by atoms with Crippen LogP contribution >= 0.6 is 0 Å². The number of nitriles is 1. The lowest BCUT2D eigenvalue weighted by Crippen LogP contribution is -2.27. The van der Waals surface area contributed by atoms with Crippen LogP contribution in [0.2, 0.25) is 0 Å². The SMILES string of the molecule is CN(Cc1ncc[nH]1)S(=O)(=O)c1cccnc1C#N. The van der Waals surface area contributed by atoms with E-state index in [9.17, 15) is 8.42 Å². The van der Waals surface area contributed by atoms with Gasteiger partial charge in [-0.2, -0.15) is 9.57 Å². The fourth-order valence-corrected chi connectivity index (χ4v) is 2.75. The number of aromatic nitrogens is 3. The van der Waals surface area contributed by atoms with Crippen LogP contribution in [-0.4, -0.2) is 34.7 Å². The molecular formula is C11H11N5O2S. The minimum absolute atomic E-state index is 0.0924. The Morgan fingerprint density at radius 1 is 1.42 bits per heavy atom. The molecule has 0 amide bonds. The smallest absolute Gasteiger partial charge is 0.246 e. The molecule has 0 aromatic carbocycles. The lowest BCUT2D eigenvalue weighted by molar-refractivity contribution is 0.457. The molecule has 7 nitrogen and oxygen atoms in total. The van der Waals surface area contributed by atoms with Crippen molar-refractivity contribution in [2.75, 3.05) is 7.05 Å². The van der Waals surface area contributed by atoms with Gasteiger partial charge in [-0.05, 0) is 12.1 Å². The first-order valence-electron chi connectivity index (χ1n) is 5.35. The largest absolute Gasteiger partial charge is 0.347 e. The molecule has 19 heavy (non-hydrogen) atoms. The van der Waals surface area contributed by atoms with Gasteiger partial charge >= 0.3 is 0 Å². The number of nitrogens with zero attached hydrogens (tertiary/aromatic N) is 4. The molecule has 98 valence electrons. The number of rotatable bonds is 4. The third-order valence-electron chi connectivity index (χ3n) is 2.49. The highest BCUT2D eigenvalue weighted by Crippen LogP contribution is 2.17. The molecule has 0 aliphatic rings. The maximum Gasteiger partial charge on any atom is 0.246 e. The number of H-pyrrole nitrogens is 1. The third-order valence-corrected chi connectivity index (χ3v) is 4.33. The summed E-state index contributed by atoms with van der Waals surface area (Å²) in [6, 6.07) is 4.62. The second-order valence-corrected chi connectivity index (χ2v) is 5.77. The summed E-state index contributed by atoms with van der Waals surface area (Å²) in [4.78, 5) is 10.4. The van der Waals surface area contributed by atoms with E-state index in [1.807, 2.05) is 0 Å². The Bertz CT molecular complexity index is 703. The molecule has 2 aromatic rings. The lowest BCUT2D eigenvalue weighted by Gasteiger charge is -2.16. The molecule has 0 saturated carbocycles. The van der Waals surface area contributed by atoms with Crippen molar-refractivity contribution in [3.8, 4) is 6.07 Å². The predicted molar refractivity (Wildman–Crippen MR) is 66.2 cm³/mol. The summed E-state index contributed by atoms with van der Waals surface area (Å²) < 4.78 is 25.8. The van der Waals surface area contributed by atoms with Crippen LogP contribution in [0.4, 0.5) is 0 Å². The molecule has 2 heterocycles. The number of pyridine rings is 1. The summed E-state index contributed by atoms with van der Waals surface area (Å²) in [7, 11) is -2.35. The van der Waals surface area contributed by atoms with Crippen LogP contribution in [0.15, 0.2) is 35.6 Å². The maximum absolute atomic E-state index is 12.3. The highest BCUT2D eigenvalue weighted by atomic mass is 32.2. The topological polar surface area (TPSA) is 103 Å². The van der Waals surface area contributed by atoms with Gasteiger partial charge in [-0.1, -0.05) is 0 Å². The predicted octanol–water partition coefficient (Wildman–Crippen LogP) is 0.497. The van der Waals surface area contributed by atoms with Crippen molar-refractivity contribution in [1.82, 2.24) is 19.3 Å². The summed E-state index contributed by atoms with van der Waals surface area (Å²) in [5.74, 6) is 0.522. The van der Waals surface area contributed by atoms with Crippen molar-refractivity contribution in [3.05, 3.63) is 42.2 Å². The second-order valence-electron chi connectivity index (χ2n) is 3.76. The molecule has 2 aromatic heterocycles. The van der Waals surface area contributed by atoms with Gasteiger partial charge in [0.2, 0.25) is 10.0 Å². The van der Waals surface area contributed by atoms with Crippen LogP contribution in [0.3, 0.4) is 0 Å². The first kappa shape index (κ1) is 13.2. The van der Waals surface area contributed by atoms with Gasteiger partial charge in [0.25, 0.3) is 0 Å². The molecule has 0 aliphatic heterocycles. The molecule has 0 saturated heterocycles. The van der Waals surface area contributed by atoms with E-state index in [2.05, 4.69) is 15.0 Å². The van der Waals surface area contributed by atoms with Gasteiger partial charge in [-0.25, -0.2) is 18.4 Å². The quantitative estimate of drug-likeness (QED) is 0.876. The number of aromatic amines is 1. The van der Waals surface area contributed by atoms with Gasteiger partial charge < -0.3 is 4.98 Å². The minimum atomic E-state index is -3.77. The zero-order valence-electron chi connectivity index (χ0n) is 10.1. The van der Waals surface area contributed by atoms with Gasteiger partial charge in [0.1, 0.15) is 16.8 Å². The Labute approximate surface area is 110 Å². The maximum atomic E-state index is 12.3. The molecule has 0 unspecified atom stereocenters. The van der Waals surface area contributed by atoms with Crippen molar-refractivity contribution >= 4 is 10.0 Å². The fraction of sp³-hybridized carbons (Fsp3) is 0.182. The molecular weight excluding hydrogens is 266 g/mol. The Morgan fingerprint density at radius 3 is 2.84 bits per heavy atom. The van der Waals surface area contributed by atoms with Crippen LogP contribution in [0.25, 0.3) is 0 Å². The molecule has 0 aliphatic carbocycles. The van der Waals surface area contributed by atoms with Crippen molar-refractivity contribution in [3.63, 3.8) is 0 Å². The molecule has 0 atom stereocenters. The Balaban J connectivity index is 2.34. The molecule has 0 spiro atoms. The van der Waals surface area contributed by atoms with Crippen LogP contribution in [0.1, 0.15) is 11.5 Å². The third kappa shape index (κ3) is 2.62. The van der Waals surface area contributed by atoms with Crippen LogP contribution in [0, 0.1) is 11.3 Å². The van der Waals surface area contributed by atoms with E-state index < -0.39 is 10.0 Å². The van der Waals surface area contributed by atoms with E-state index in [4.69, 9.17) is 5.26 Å². The number of nitrogens with one attached hydrogen (secondary N) is 1. The van der Waals surface area contributed by atoms with Crippen LogP contribution < -0.4 is 0 Å². The van der Waals surface area contributed by atoms with Crippen molar-refractivity contribution < 1.29 is 8.42 Å². The number of hydrogen-bond acceptors (Lipinski definition) is 5. The van der Waals surface area contributed by atoms with Crippen molar-refractivity contribution in [2.24, 2.45) is 0 Å². The average molecular weight is 277 g/mol. The zero-order valence-corrected chi connectivity index (χ0v) is 10.9. The molecule has 2 rings (SSSR count). The average Bonchev–Trinajstić information content (AvgIpc) is 2.91. The highest BCUT2D eigenvalue weighted by Gasteiger charge is 2.25. The van der Waals surface area contributed by atoms with E-state index in [1.54, 1.807) is 18.5 Å². The Morgan fingerprint density at radius 2 is 2.21 bits per heavy atom. The van der Waals surface area contributed by atoms with Crippen LogP contribution in [0.5, 0.6) is 0 Å². The number of hydrogen-bond donors (Lipinski definition) is 1. The molecule has 1 N–H and O–H groups in total. The molecule has 0 bridgehead atoms. The number of sulfonamides is 1. The fourth-order valence-electron chi connectivity index (χ4n) is 1.53. The van der Waals surface area contributed by atoms with E-state index in [-0.39, 0.29) is 17.1 Å². The second kappa shape index (κ2) is 5.17. The summed E-state index contributed by atoms with van der Waals surface area (Å²) in [6.07, 6.45) is 4.53. The van der Waals surface area contributed by atoms with Gasteiger partial charge in [0.15, 0.2) is 5.69 Å². The van der Waals surface area contributed by atoms with E-state index in [1.165, 1.54) is 25.4 Å². The van der Waals surface area contributed by atoms with E-state index in [0.29, 0.717) is 5.82 Å². The zero-order chi connectivity index (χ0) is 13.9. The summed E-state index contributed by atoms with van der Waals surface area (Å²) in [5, 5.41) is 8.91. The first-order valence-corrected chi connectivity index (χ1v) is 6.79. The van der Waals surface area contributed by atoms with Crippen LogP contribution in [-0.2, 0) is 16.6 Å². The van der Waals surface area contributed by atoms with Crippen molar-refractivity contribution in [1.29, 1.82) is 5.26 Å². The van der Waals surface area contributed by atoms with Gasteiger partial charge in [0, 0.05) is 25.6 Å². The molecule has 0 radical (unpaired) electrons. The van der Waals surface area contributed by atoms with Crippen molar-refractivity contribution in [2.45, 2.75) is 11.4 Å². The summed E-state index contributed by atoms with van der Waals surface area (Å²) in [5.41, 5.74) is -0.117. The monoisotopic (exact) mass is 277 g/mol. The van der Waals surface area contributed by atoms with Gasteiger partial charge in [-0.3, -0.25) is 0 Å². The molecule has 8 heteroatoms. The summed E-state index contributed by atoms with van der Waals surface area (Å²) >= 11 is 0. The standard InChI is InChI=1S/C11H11N5O2S/c1-16(8-11-14-5-6-15-11)19(17,18)10-3-2-4-13-9(10)7-12/h2-6H,8H2,1H3,(H,14,15). The van der Waals surface area contributed by atoms with E-state index in [0.717, 1.165) is 4.31 Å². The summed E-state index contributed by atoms with van der Waals surface area (Å²) in [6.45, 7) is 0.0924. The van der Waals surface area contributed by atoms with Gasteiger partial charge in [0.05, 0.1) is 6.54 Å². The molecule has 0 fully saturated rings. The normalized spacial score (nSPS) is 11.4. The lowest BCUT2D eigenvalue weighted by atomic mass is 10.4. The van der Waals surface area contributed by atoms with E-state index >= 15 is 0 Å². The minimum Gasteiger partial charge on any atom is -0.347 e.